The van der Waals surface area contributed by atoms with E-state index >= 15 is 0 Å². The number of nitrogens with zero attached hydrogens (tertiary/aromatic N) is 2. The highest BCUT2D eigenvalue weighted by atomic mass is 19.1. The minimum atomic E-state index is -1.32. The number of rotatable bonds is 9. The van der Waals surface area contributed by atoms with Gasteiger partial charge in [-0.05, 0) is 49.2 Å². The zero-order valence-electron chi connectivity index (χ0n) is 21.3. The van der Waals surface area contributed by atoms with Gasteiger partial charge in [0, 0.05) is 17.3 Å². The Kier molecular flexibility index (Phi) is 9.05. The number of aromatic hydroxyl groups is 1. The number of aliphatic hydroxyl groups is 1. The molecule has 13 heteroatoms. The zero-order valence-corrected chi connectivity index (χ0v) is 21.3. The van der Waals surface area contributed by atoms with Crippen LogP contribution in [-0.4, -0.2) is 64.9 Å². The number of carboxylic acids is 1. The molecule has 2 atom stereocenters. The summed E-state index contributed by atoms with van der Waals surface area (Å²) in [7, 11) is 0. The number of guanidine groups is 1. The maximum absolute atomic E-state index is 13.2. The topological polar surface area (TPSA) is 196 Å². The molecule has 7 N–H and O–H groups in total. The van der Waals surface area contributed by atoms with Crippen molar-refractivity contribution in [3.63, 3.8) is 0 Å². The minimum Gasteiger partial charge on any atom is -0.508 e. The first kappa shape index (κ1) is 28.9. The van der Waals surface area contributed by atoms with E-state index in [0.717, 1.165) is 0 Å². The Bertz CT molecular complexity index is 1330. The van der Waals surface area contributed by atoms with Crippen LogP contribution in [0.1, 0.15) is 53.4 Å². The molecule has 39 heavy (non-hydrogen) atoms. The number of carbonyl (C=O) groups excluding carboxylic acids is 2. The van der Waals surface area contributed by atoms with Crippen LogP contribution in [-0.2, 0) is 15.2 Å². The quantitative estimate of drug-likeness (QED) is 0.245. The average Bonchev–Trinajstić information content (AvgIpc) is 2.86. The van der Waals surface area contributed by atoms with Crippen LogP contribution >= 0.6 is 0 Å². The molecule has 3 rings (SSSR count). The van der Waals surface area contributed by atoms with E-state index < -0.39 is 48.6 Å². The highest BCUT2D eigenvalue weighted by Gasteiger charge is 2.24. The number of phenols is 1. The summed E-state index contributed by atoms with van der Waals surface area (Å²) in [4.78, 5) is 40.8. The molecule has 1 aliphatic heterocycles. The van der Waals surface area contributed by atoms with Crippen molar-refractivity contribution >= 4 is 29.4 Å². The fourth-order valence-corrected chi connectivity index (χ4v) is 3.76. The van der Waals surface area contributed by atoms with Crippen molar-refractivity contribution in [3.05, 3.63) is 58.7 Å². The fraction of sp³-hybridized carbons (Fsp3) is 0.346. The van der Waals surface area contributed by atoms with Crippen LogP contribution in [0.3, 0.4) is 0 Å². The SMILES string of the molecule is CC(C)(O)c1cc(C#N)cc([C@H](CC(=O)O)NC(=O)CNC(=O)c2cc(O)cc(NC3=NCC(F)CN3)c2)c1. The summed E-state index contributed by atoms with van der Waals surface area (Å²) in [5, 5.41) is 49.7. The van der Waals surface area contributed by atoms with Crippen LogP contribution in [0.15, 0.2) is 41.4 Å². The number of aliphatic carboxylic acids is 1. The summed E-state index contributed by atoms with van der Waals surface area (Å²) >= 11 is 0. The smallest absolute Gasteiger partial charge is 0.305 e. The summed E-state index contributed by atoms with van der Waals surface area (Å²) in [5.41, 5.74) is -0.164. The molecule has 2 aromatic rings. The Morgan fingerprint density at radius 3 is 2.59 bits per heavy atom. The van der Waals surface area contributed by atoms with Crippen LogP contribution < -0.4 is 21.3 Å². The normalized spacial score (nSPS) is 15.7. The van der Waals surface area contributed by atoms with Crippen molar-refractivity contribution in [1.29, 1.82) is 5.26 Å². The Balaban J connectivity index is 1.70. The van der Waals surface area contributed by atoms with Crippen molar-refractivity contribution in [2.24, 2.45) is 4.99 Å². The zero-order chi connectivity index (χ0) is 28.7. The molecule has 2 aromatic carbocycles. The van der Waals surface area contributed by atoms with Gasteiger partial charge in [-0.15, -0.1) is 0 Å². The molecule has 12 nitrogen and oxygen atoms in total. The van der Waals surface area contributed by atoms with E-state index in [1.165, 1.54) is 50.2 Å². The third-order valence-corrected chi connectivity index (χ3v) is 5.70. The number of carboxylic acid groups (broad SMARTS) is 1. The van der Waals surface area contributed by atoms with Crippen LogP contribution in [0.5, 0.6) is 5.75 Å². The first-order valence-electron chi connectivity index (χ1n) is 11.9. The van der Waals surface area contributed by atoms with E-state index in [2.05, 4.69) is 26.3 Å². The number of alkyl halides is 1. The third kappa shape index (κ3) is 8.41. The largest absolute Gasteiger partial charge is 0.508 e. The Hall–Kier alpha value is -4.70. The number of halogens is 1. The van der Waals surface area contributed by atoms with Crippen LogP contribution in [0.4, 0.5) is 10.1 Å². The Morgan fingerprint density at radius 2 is 1.97 bits per heavy atom. The van der Waals surface area contributed by atoms with Gasteiger partial charge in [0.1, 0.15) is 11.9 Å². The number of nitrogens with one attached hydrogen (secondary N) is 4. The molecule has 0 spiro atoms. The fourth-order valence-electron chi connectivity index (χ4n) is 3.76. The van der Waals surface area contributed by atoms with Gasteiger partial charge in [-0.25, -0.2) is 9.38 Å². The molecule has 1 heterocycles. The summed E-state index contributed by atoms with van der Waals surface area (Å²) in [6, 6.07) is 9.22. The Labute approximate surface area is 223 Å². The first-order valence-corrected chi connectivity index (χ1v) is 11.9. The van der Waals surface area contributed by atoms with Gasteiger partial charge in [0.25, 0.3) is 5.91 Å². The van der Waals surface area contributed by atoms with Gasteiger partial charge in [-0.1, -0.05) is 6.07 Å². The maximum Gasteiger partial charge on any atom is 0.305 e. The minimum absolute atomic E-state index is 0.0173. The van der Waals surface area contributed by atoms with E-state index in [-0.39, 0.29) is 35.9 Å². The van der Waals surface area contributed by atoms with Gasteiger partial charge in [0.15, 0.2) is 5.96 Å². The summed E-state index contributed by atoms with van der Waals surface area (Å²) in [6.07, 6.45) is -1.62. The molecule has 0 fully saturated rings. The molecule has 0 aromatic heterocycles. The highest BCUT2D eigenvalue weighted by molar-refractivity contribution is 6.00. The number of nitriles is 1. The molecule has 2 amide bonds. The van der Waals surface area contributed by atoms with Crippen molar-refractivity contribution in [2.45, 2.75) is 38.1 Å². The summed E-state index contributed by atoms with van der Waals surface area (Å²) in [6.45, 7) is 2.54. The summed E-state index contributed by atoms with van der Waals surface area (Å²) < 4.78 is 13.2. The van der Waals surface area contributed by atoms with Crippen molar-refractivity contribution in [2.75, 3.05) is 25.0 Å². The van der Waals surface area contributed by atoms with Gasteiger partial charge in [0.05, 0.1) is 49.3 Å². The maximum atomic E-state index is 13.2. The van der Waals surface area contributed by atoms with Gasteiger partial charge < -0.3 is 36.6 Å². The van der Waals surface area contributed by atoms with Gasteiger partial charge >= 0.3 is 5.97 Å². The van der Waals surface area contributed by atoms with E-state index in [9.17, 15) is 39.4 Å². The molecule has 0 saturated carbocycles. The number of phenolic OH excluding ortho intramolecular Hbond substituents is 1. The average molecular weight is 541 g/mol. The number of carbonyl (C=O) groups is 3. The number of aliphatic imine (C=N–C) groups is 1. The lowest BCUT2D eigenvalue weighted by atomic mass is 9.91. The predicted octanol–water partition coefficient (Wildman–Crippen LogP) is 1.26. The molecular formula is C26H29FN6O6. The lowest BCUT2D eigenvalue weighted by Gasteiger charge is -2.23. The van der Waals surface area contributed by atoms with Crippen LogP contribution in [0.2, 0.25) is 0 Å². The third-order valence-electron chi connectivity index (χ3n) is 5.70. The van der Waals surface area contributed by atoms with Crippen LogP contribution in [0, 0.1) is 11.3 Å². The molecule has 0 bridgehead atoms. The van der Waals surface area contributed by atoms with E-state index in [0.29, 0.717) is 16.8 Å². The number of benzene rings is 2. The molecular weight excluding hydrogens is 511 g/mol. The predicted molar refractivity (Wildman–Crippen MR) is 139 cm³/mol. The van der Waals surface area contributed by atoms with Gasteiger partial charge in [0.2, 0.25) is 5.91 Å². The first-order chi connectivity index (χ1) is 18.3. The lowest BCUT2D eigenvalue weighted by Crippen LogP contribution is -2.41. The standard InChI is InChI=1S/C26H29FN6O6/c1-26(2,39)17-4-14(10-28)3-15(5-17)21(9-23(36)37)33-22(35)13-29-24(38)16-6-19(8-20(34)7-16)32-25-30-11-18(27)12-31-25/h3-8,18,21,34,39H,9,11-13H2,1-2H3,(H,29,38)(H,33,35)(H,36,37)(H2,30,31,32)/t21-/m0/s1. The molecule has 206 valence electrons. The van der Waals surface area contributed by atoms with E-state index in [1.54, 1.807) is 0 Å². The van der Waals surface area contributed by atoms with Gasteiger partial charge in [-0.3, -0.25) is 14.4 Å². The van der Waals surface area contributed by atoms with Gasteiger partial charge in [-0.2, -0.15) is 5.26 Å². The number of amides is 2. The highest BCUT2D eigenvalue weighted by Crippen LogP contribution is 2.27. The summed E-state index contributed by atoms with van der Waals surface area (Å²) in [5.74, 6) is -2.58. The second-order valence-electron chi connectivity index (χ2n) is 9.48. The van der Waals surface area contributed by atoms with Crippen LogP contribution in [0.25, 0.3) is 0 Å². The van der Waals surface area contributed by atoms with Crippen molar-refractivity contribution < 1.29 is 34.1 Å². The second-order valence-corrected chi connectivity index (χ2v) is 9.48. The van der Waals surface area contributed by atoms with E-state index in [4.69, 9.17) is 0 Å². The lowest BCUT2D eigenvalue weighted by molar-refractivity contribution is -0.137. The van der Waals surface area contributed by atoms with E-state index in [1.807, 2.05) is 6.07 Å². The molecule has 0 aliphatic carbocycles. The molecule has 1 unspecified atom stereocenters. The molecule has 1 aliphatic rings. The molecule has 0 radical (unpaired) electrons. The monoisotopic (exact) mass is 540 g/mol. The molecule has 0 saturated heterocycles. The number of anilines is 1. The second kappa shape index (κ2) is 12.2. The number of hydrogen-bond acceptors (Lipinski definition) is 9. The van der Waals surface area contributed by atoms with Crippen molar-refractivity contribution in [3.8, 4) is 11.8 Å². The van der Waals surface area contributed by atoms with Crippen molar-refractivity contribution in [1.82, 2.24) is 16.0 Å². The number of hydrogen-bond donors (Lipinski definition) is 7. The Morgan fingerprint density at radius 1 is 1.23 bits per heavy atom.